The first-order valence-electron chi connectivity index (χ1n) is 10.1. The van der Waals surface area contributed by atoms with Crippen molar-refractivity contribution in [2.75, 3.05) is 32.1 Å². The van der Waals surface area contributed by atoms with Gasteiger partial charge in [-0.05, 0) is 74.8 Å². The van der Waals surface area contributed by atoms with E-state index in [1.807, 2.05) is 30.3 Å². The number of fused-ring (bicyclic) bond motifs is 1. The Labute approximate surface area is 179 Å². The fraction of sp³-hybridized carbons (Fsp3) is 0.348. The third-order valence-electron chi connectivity index (χ3n) is 5.45. The number of aromatic nitrogens is 1. The number of amides is 1. The van der Waals surface area contributed by atoms with Crippen molar-refractivity contribution in [1.82, 2.24) is 9.88 Å². The van der Waals surface area contributed by atoms with Gasteiger partial charge in [0.25, 0.3) is 0 Å². The zero-order chi connectivity index (χ0) is 21.1. The van der Waals surface area contributed by atoms with Gasteiger partial charge in [0.05, 0.1) is 29.8 Å². The number of thiazole rings is 1. The number of nitrogens with one attached hydrogen (secondary N) is 1. The lowest BCUT2D eigenvalue weighted by atomic mass is 9.97. The van der Waals surface area contributed by atoms with Crippen LogP contribution in [-0.2, 0) is 14.3 Å². The summed E-state index contributed by atoms with van der Waals surface area (Å²) in [6, 6.07) is 14.1. The Kier molecular flexibility index (Phi) is 6.11. The molecule has 30 heavy (non-hydrogen) atoms. The summed E-state index contributed by atoms with van der Waals surface area (Å²) in [6.45, 7) is 3.86. The molecule has 4 rings (SSSR count). The molecule has 0 radical (unpaired) electrons. The summed E-state index contributed by atoms with van der Waals surface area (Å²) < 4.78 is 5.99. The number of methoxy groups -OCH3 is 1. The zero-order valence-electron chi connectivity index (χ0n) is 17.2. The van der Waals surface area contributed by atoms with Gasteiger partial charge < -0.3 is 10.1 Å². The van der Waals surface area contributed by atoms with Gasteiger partial charge in [-0.3, -0.25) is 14.5 Å². The number of aryl methyl sites for hydroxylation is 1. The molecular formula is C23H25N3O3S. The molecule has 2 aromatic carbocycles. The number of rotatable bonds is 5. The molecule has 1 fully saturated rings. The maximum Gasteiger partial charge on any atom is 0.308 e. The molecule has 1 aliphatic rings. The SMILES string of the molecule is COC(=O)C1CCN(CC(=O)Nc2ccc(-c3nc4ccc(C)cc4s3)cc2)CC1. The molecule has 1 amide bonds. The lowest BCUT2D eigenvalue weighted by Crippen LogP contribution is -2.41. The maximum atomic E-state index is 12.4. The molecule has 2 heterocycles. The van der Waals surface area contributed by atoms with Gasteiger partial charge in [-0.2, -0.15) is 0 Å². The first kappa shape index (κ1) is 20.5. The zero-order valence-corrected chi connectivity index (χ0v) is 18.0. The molecule has 7 heteroatoms. The third-order valence-corrected chi connectivity index (χ3v) is 6.52. The minimum Gasteiger partial charge on any atom is -0.469 e. The van der Waals surface area contributed by atoms with Crippen molar-refractivity contribution >= 4 is 39.1 Å². The Balaban J connectivity index is 1.33. The van der Waals surface area contributed by atoms with Crippen molar-refractivity contribution in [3.63, 3.8) is 0 Å². The number of esters is 1. The molecular weight excluding hydrogens is 398 g/mol. The number of benzene rings is 2. The van der Waals surface area contributed by atoms with Crippen molar-refractivity contribution in [2.24, 2.45) is 5.92 Å². The van der Waals surface area contributed by atoms with E-state index < -0.39 is 0 Å². The summed E-state index contributed by atoms with van der Waals surface area (Å²) in [5.41, 5.74) is 4.04. The Hall–Kier alpha value is -2.77. The van der Waals surface area contributed by atoms with Crippen LogP contribution in [0, 0.1) is 12.8 Å². The van der Waals surface area contributed by atoms with Gasteiger partial charge in [0.15, 0.2) is 0 Å². The normalized spacial score (nSPS) is 15.3. The Morgan fingerprint density at radius 3 is 2.60 bits per heavy atom. The van der Waals surface area contributed by atoms with Gasteiger partial charge in [-0.25, -0.2) is 4.98 Å². The molecule has 0 unspecified atom stereocenters. The van der Waals surface area contributed by atoms with E-state index >= 15 is 0 Å². The lowest BCUT2D eigenvalue weighted by molar-refractivity contribution is -0.147. The summed E-state index contributed by atoms with van der Waals surface area (Å²) >= 11 is 1.67. The third kappa shape index (κ3) is 4.68. The van der Waals surface area contributed by atoms with E-state index in [-0.39, 0.29) is 17.8 Å². The summed E-state index contributed by atoms with van der Waals surface area (Å²) in [7, 11) is 1.42. The second-order valence-electron chi connectivity index (χ2n) is 7.69. The molecule has 1 N–H and O–H groups in total. The Morgan fingerprint density at radius 2 is 1.90 bits per heavy atom. The summed E-state index contributed by atoms with van der Waals surface area (Å²) in [5, 5.41) is 3.93. The highest BCUT2D eigenvalue weighted by molar-refractivity contribution is 7.21. The van der Waals surface area contributed by atoms with Gasteiger partial charge in [-0.1, -0.05) is 6.07 Å². The number of ether oxygens (including phenoxy) is 1. The number of carbonyl (C=O) groups excluding carboxylic acids is 2. The van der Waals surface area contributed by atoms with Crippen molar-refractivity contribution < 1.29 is 14.3 Å². The van der Waals surface area contributed by atoms with Gasteiger partial charge in [0.2, 0.25) is 5.91 Å². The van der Waals surface area contributed by atoms with Crippen LogP contribution < -0.4 is 5.32 Å². The first-order chi connectivity index (χ1) is 14.5. The number of piperidine rings is 1. The molecule has 6 nitrogen and oxygen atoms in total. The largest absolute Gasteiger partial charge is 0.469 e. The van der Waals surface area contributed by atoms with E-state index in [1.165, 1.54) is 17.4 Å². The quantitative estimate of drug-likeness (QED) is 0.626. The fourth-order valence-electron chi connectivity index (χ4n) is 3.75. The fourth-order valence-corrected chi connectivity index (χ4v) is 4.82. The molecule has 1 aromatic heterocycles. The highest BCUT2D eigenvalue weighted by Gasteiger charge is 2.26. The Bertz CT molecular complexity index is 1050. The first-order valence-corrected chi connectivity index (χ1v) is 10.9. The molecule has 0 aliphatic carbocycles. The minimum absolute atomic E-state index is 0.0465. The summed E-state index contributed by atoms with van der Waals surface area (Å²) in [5.74, 6) is -0.245. The van der Waals surface area contributed by atoms with Gasteiger partial charge >= 0.3 is 5.97 Å². The van der Waals surface area contributed by atoms with Crippen molar-refractivity contribution in [2.45, 2.75) is 19.8 Å². The average molecular weight is 424 g/mol. The van der Waals surface area contributed by atoms with Crippen LogP contribution >= 0.6 is 11.3 Å². The average Bonchev–Trinajstić information content (AvgIpc) is 3.17. The van der Waals surface area contributed by atoms with Crippen LogP contribution in [0.3, 0.4) is 0 Å². The lowest BCUT2D eigenvalue weighted by Gasteiger charge is -2.29. The highest BCUT2D eigenvalue weighted by atomic mass is 32.1. The van der Waals surface area contributed by atoms with Crippen LogP contribution in [-0.4, -0.2) is 48.5 Å². The van der Waals surface area contributed by atoms with Crippen LogP contribution in [0.25, 0.3) is 20.8 Å². The Morgan fingerprint density at radius 1 is 1.17 bits per heavy atom. The minimum atomic E-state index is -0.151. The van der Waals surface area contributed by atoms with Crippen LogP contribution in [0.5, 0.6) is 0 Å². The monoisotopic (exact) mass is 423 g/mol. The van der Waals surface area contributed by atoms with Gasteiger partial charge in [-0.15, -0.1) is 11.3 Å². The molecule has 3 aromatic rings. The van der Waals surface area contributed by atoms with Gasteiger partial charge in [0, 0.05) is 11.3 Å². The topological polar surface area (TPSA) is 71.5 Å². The maximum absolute atomic E-state index is 12.4. The van der Waals surface area contributed by atoms with E-state index in [1.54, 1.807) is 11.3 Å². The predicted molar refractivity (Wildman–Crippen MR) is 120 cm³/mol. The molecule has 0 atom stereocenters. The second-order valence-corrected chi connectivity index (χ2v) is 8.72. The van der Waals surface area contributed by atoms with Crippen LogP contribution in [0.1, 0.15) is 18.4 Å². The van der Waals surface area contributed by atoms with E-state index in [9.17, 15) is 9.59 Å². The molecule has 0 saturated carbocycles. The van der Waals surface area contributed by atoms with Crippen molar-refractivity contribution in [1.29, 1.82) is 0 Å². The number of carbonyl (C=O) groups is 2. The standard InChI is InChI=1S/C23H25N3O3S/c1-15-3-8-19-20(13-15)30-22(25-19)16-4-6-18(7-5-16)24-21(27)14-26-11-9-17(10-12-26)23(28)29-2/h3-8,13,17H,9-12,14H2,1-2H3,(H,24,27). The van der Waals surface area contributed by atoms with Crippen LogP contribution in [0.4, 0.5) is 5.69 Å². The van der Waals surface area contributed by atoms with Crippen molar-refractivity contribution in [3.05, 3.63) is 48.0 Å². The smallest absolute Gasteiger partial charge is 0.308 e. The molecule has 0 bridgehead atoms. The van der Waals surface area contributed by atoms with E-state index in [4.69, 9.17) is 9.72 Å². The number of hydrogen-bond donors (Lipinski definition) is 1. The number of anilines is 1. The molecule has 0 spiro atoms. The number of likely N-dealkylation sites (tertiary alicyclic amines) is 1. The molecule has 156 valence electrons. The molecule has 1 saturated heterocycles. The highest BCUT2D eigenvalue weighted by Crippen LogP contribution is 2.31. The number of hydrogen-bond acceptors (Lipinski definition) is 6. The van der Waals surface area contributed by atoms with E-state index in [0.717, 1.165) is 47.7 Å². The van der Waals surface area contributed by atoms with Gasteiger partial charge in [0.1, 0.15) is 5.01 Å². The predicted octanol–water partition coefficient (Wildman–Crippen LogP) is 4.10. The second kappa shape index (κ2) is 8.93. The van der Waals surface area contributed by atoms with E-state index in [2.05, 4.69) is 29.3 Å². The molecule has 1 aliphatic heterocycles. The van der Waals surface area contributed by atoms with Crippen LogP contribution in [0.2, 0.25) is 0 Å². The van der Waals surface area contributed by atoms with Crippen LogP contribution in [0.15, 0.2) is 42.5 Å². The number of nitrogens with zero attached hydrogens (tertiary/aromatic N) is 2. The summed E-state index contributed by atoms with van der Waals surface area (Å²) in [6.07, 6.45) is 1.46. The van der Waals surface area contributed by atoms with Crippen molar-refractivity contribution in [3.8, 4) is 10.6 Å². The van der Waals surface area contributed by atoms with E-state index in [0.29, 0.717) is 6.54 Å². The summed E-state index contributed by atoms with van der Waals surface area (Å²) in [4.78, 5) is 30.8.